The van der Waals surface area contributed by atoms with Gasteiger partial charge in [0.05, 0.1) is 10.7 Å². The van der Waals surface area contributed by atoms with Crippen molar-refractivity contribution in [2.75, 3.05) is 0 Å². The molecule has 0 atom stereocenters. The van der Waals surface area contributed by atoms with E-state index in [1.54, 1.807) is 17.5 Å². The monoisotopic (exact) mass is 220 g/mol. The Morgan fingerprint density at radius 3 is 3.00 bits per heavy atom. The number of aromatic nitrogens is 3. The van der Waals surface area contributed by atoms with E-state index >= 15 is 0 Å². The highest BCUT2D eigenvalue weighted by atomic mass is 32.1. The van der Waals surface area contributed by atoms with Crippen molar-refractivity contribution >= 4 is 11.3 Å². The average molecular weight is 220 g/mol. The number of thiazole rings is 1. The number of nitrogens with one attached hydrogen (secondary N) is 1. The van der Waals surface area contributed by atoms with E-state index < -0.39 is 0 Å². The Kier molecular flexibility index (Phi) is 3.37. The molecular weight excluding hydrogens is 208 g/mol. The number of rotatable bonds is 4. The first-order valence-electron chi connectivity index (χ1n) is 4.73. The lowest BCUT2D eigenvalue weighted by Gasteiger charge is -2.00. The van der Waals surface area contributed by atoms with Crippen molar-refractivity contribution < 1.29 is 0 Å². The lowest BCUT2D eigenvalue weighted by molar-refractivity contribution is 0.675. The summed E-state index contributed by atoms with van der Waals surface area (Å²) in [5.41, 5.74) is 0.957. The van der Waals surface area contributed by atoms with E-state index in [9.17, 15) is 0 Å². The van der Waals surface area contributed by atoms with E-state index in [-0.39, 0.29) is 0 Å². The highest BCUT2D eigenvalue weighted by Crippen LogP contribution is 2.10. The second kappa shape index (κ2) is 4.95. The molecule has 2 heterocycles. The Bertz CT molecular complexity index is 412. The molecular formula is C10H12N4S. The molecule has 0 saturated carbocycles. The Balaban J connectivity index is 1.80. The second-order valence-corrected chi connectivity index (χ2v) is 4.48. The summed E-state index contributed by atoms with van der Waals surface area (Å²) >= 11 is 1.71. The maximum absolute atomic E-state index is 4.19. The van der Waals surface area contributed by atoms with Crippen LogP contribution in [0.5, 0.6) is 0 Å². The van der Waals surface area contributed by atoms with E-state index in [4.69, 9.17) is 0 Å². The summed E-state index contributed by atoms with van der Waals surface area (Å²) in [5, 5.41) is 12.2. The lowest BCUT2D eigenvalue weighted by atomic mass is 10.4. The van der Waals surface area contributed by atoms with E-state index in [0.29, 0.717) is 0 Å². The summed E-state index contributed by atoms with van der Waals surface area (Å²) in [4.78, 5) is 5.44. The van der Waals surface area contributed by atoms with Crippen molar-refractivity contribution in [3.05, 3.63) is 40.1 Å². The van der Waals surface area contributed by atoms with Crippen LogP contribution in [-0.4, -0.2) is 15.2 Å². The van der Waals surface area contributed by atoms with Gasteiger partial charge in [-0.3, -0.25) is 0 Å². The molecule has 2 aromatic heterocycles. The third-order valence-corrected chi connectivity index (χ3v) is 2.81. The first-order chi connectivity index (χ1) is 7.34. The lowest BCUT2D eigenvalue weighted by Crippen LogP contribution is -2.13. The van der Waals surface area contributed by atoms with Crippen LogP contribution in [0.3, 0.4) is 0 Å². The van der Waals surface area contributed by atoms with Crippen LogP contribution in [-0.2, 0) is 13.1 Å². The first-order valence-corrected chi connectivity index (χ1v) is 5.55. The van der Waals surface area contributed by atoms with Gasteiger partial charge in [0.2, 0.25) is 0 Å². The largest absolute Gasteiger partial charge is 0.306 e. The van der Waals surface area contributed by atoms with Crippen LogP contribution in [0, 0.1) is 6.92 Å². The van der Waals surface area contributed by atoms with Crippen molar-refractivity contribution in [1.29, 1.82) is 0 Å². The average Bonchev–Trinajstić information content (AvgIpc) is 2.66. The van der Waals surface area contributed by atoms with Gasteiger partial charge in [-0.15, -0.1) is 11.3 Å². The molecule has 4 nitrogen and oxygen atoms in total. The van der Waals surface area contributed by atoms with Gasteiger partial charge in [0.15, 0.2) is 0 Å². The van der Waals surface area contributed by atoms with Gasteiger partial charge in [-0.2, -0.15) is 10.2 Å². The molecule has 0 aliphatic heterocycles. The molecule has 78 valence electrons. The van der Waals surface area contributed by atoms with Gasteiger partial charge in [0, 0.05) is 30.4 Å². The predicted molar refractivity (Wildman–Crippen MR) is 59.4 cm³/mol. The maximum atomic E-state index is 4.19. The Morgan fingerprint density at radius 1 is 1.40 bits per heavy atom. The minimum Gasteiger partial charge on any atom is -0.306 e. The van der Waals surface area contributed by atoms with Crippen molar-refractivity contribution in [1.82, 2.24) is 20.5 Å². The smallest absolute Gasteiger partial charge is 0.0897 e. The molecule has 0 aromatic carbocycles. The maximum Gasteiger partial charge on any atom is 0.0897 e. The Hall–Kier alpha value is -1.33. The molecule has 0 aliphatic rings. The predicted octanol–water partition coefficient (Wildman–Crippen LogP) is 1.53. The fourth-order valence-corrected chi connectivity index (χ4v) is 1.99. The molecule has 1 N–H and O–H groups in total. The van der Waals surface area contributed by atoms with Crippen molar-refractivity contribution in [2.24, 2.45) is 0 Å². The van der Waals surface area contributed by atoms with Gasteiger partial charge in [0.25, 0.3) is 0 Å². The van der Waals surface area contributed by atoms with Gasteiger partial charge in [-0.05, 0) is 19.1 Å². The second-order valence-electron chi connectivity index (χ2n) is 3.16. The number of hydrogen-bond acceptors (Lipinski definition) is 5. The molecule has 0 aliphatic carbocycles. The molecule has 0 amide bonds. The van der Waals surface area contributed by atoms with Gasteiger partial charge in [-0.1, -0.05) is 0 Å². The zero-order valence-electron chi connectivity index (χ0n) is 8.47. The van der Waals surface area contributed by atoms with E-state index in [0.717, 1.165) is 23.8 Å². The fourth-order valence-electron chi connectivity index (χ4n) is 1.23. The van der Waals surface area contributed by atoms with Crippen LogP contribution in [0.4, 0.5) is 0 Å². The minimum atomic E-state index is 0.741. The van der Waals surface area contributed by atoms with E-state index in [1.165, 1.54) is 4.88 Å². The topological polar surface area (TPSA) is 50.7 Å². The highest BCUT2D eigenvalue weighted by molar-refractivity contribution is 7.11. The Morgan fingerprint density at radius 2 is 2.33 bits per heavy atom. The number of aryl methyl sites for hydroxylation is 1. The standard InChI is InChI=1S/C10H12N4S/c1-8-12-7-10(15-8)6-11-5-9-3-2-4-13-14-9/h2-4,7,11H,5-6H2,1H3. The van der Waals surface area contributed by atoms with Crippen molar-refractivity contribution in [3.63, 3.8) is 0 Å². The summed E-state index contributed by atoms with van der Waals surface area (Å²) in [6, 6.07) is 3.85. The summed E-state index contributed by atoms with van der Waals surface area (Å²) in [7, 11) is 0. The van der Waals surface area contributed by atoms with Crippen LogP contribution in [0.2, 0.25) is 0 Å². The molecule has 0 radical (unpaired) electrons. The molecule has 0 spiro atoms. The normalized spacial score (nSPS) is 10.5. The summed E-state index contributed by atoms with van der Waals surface area (Å²) in [6.07, 6.45) is 3.58. The van der Waals surface area contributed by atoms with Gasteiger partial charge >= 0.3 is 0 Å². The molecule has 0 bridgehead atoms. The molecule has 0 saturated heterocycles. The molecule has 15 heavy (non-hydrogen) atoms. The zero-order valence-corrected chi connectivity index (χ0v) is 9.29. The fraction of sp³-hybridized carbons (Fsp3) is 0.300. The van der Waals surface area contributed by atoms with E-state index in [2.05, 4.69) is 20.5 Å². The SMILES string of the molecule is Cc1ncc(CNCc2cccnn2)s1. The van der Waals surface area contributed by atoms with Gasteiger partial charge < -0.3 is 5.32 Å². The van der Waals surface area contributed by atoms with Gasteiger partial charge in [-0.25, -0.2) is 4.98 Å². The first kappa shape index (κ1) is 10.2. The van der Waals surface area contributed by atoms with Crippen molar-refractivity contribution in [2.45, 2.75) is 20.0 Å². The molecule has 0 unspecified atom stereocenters. The van der Waals surface area contributed by atoms with E-state index in [1.807, 2.05) is 25.3 Å². The number of nitrogens with zero attached hydrogens (tertiary/aromatic N) is 3. The molecule has 0 fully saturated rings. The van der Waals surface area contributed by atoms with Gasteiger partial charge in [0.1, 0.15) is 0 Å². The highest BCUT2D eigenvalue weighted by Gasteiger charge is 1.98. The third-order valence-electron chi connectivity index (χ3n) is 1.90. The molecule has 5 heteroatoms. The summed E-state index contributed by atoms with van der Waals surface area (Å²) < 4.78 is 0. The Labute approximate surface area is 92.4 Å². The van der Waals surface area contributed by atoms with Crippen LogP contribution in [0.25, 0.3) is 0 Å². The van der Waals surface area contributed by atoms with Crippen LogP contribution in [0.1, 0.15) is 15.6 Å². The summed E-state index contributed by atoms with van der Waals surface area (Å²) in [6.45, 7) is 3.59. The minimum absolute atomic E-state index is 0.741. The van der Waals surface area contributed by atoms with Crippen LogP contribution >= 0.6 is 11.3 Å². The quantitative estimate of drug-likeness (QED) is 0.849. The number of hydrogen-bond donors (Lipinski definition) is 1. The molecule has 2 rings (SSSR count). The van der Waals surface area contributed by atoms with Crippen LogP contribution < -0.4 is 5.32 Å². The van der Waals surface area contributed by atoms with Crippen molar-refractivity contribution in [3.8, 4) is 0 Å². The van der Waals surface area contributed by atoms with Crippen LogP contribution in [0.15, 0.2) is 24.5 Å². The summed E-state index contributed by atoms with van der Waals surface area (Å²) in [5.74, 6) is 0. The zero-order chi connectivity index (χ0) is 10.5. The third kappa shape index (κ3) is 3.07. The molecule has 2 aromatic rings.